The minimum absolute atomic E-state index is 0. The van der Waals surface area contributed by atoms with Gasteiger partial charge in [-0.2, -0.15) is 0 Å². The van der Waals surface area contributed by atoms with Gasteiger partial charge < -0.3 is 19.9 Å². The van der Waals surface area contributed by atoms with Crippen LogP contribution in [-0.4, -0.2) is 93.1 Å². The summed E-state index contributed by atoms with van der Waals surface area (Å²) in [6, 6.07) is 6.38. The summed E-state index contributed by atoms with van der Waals surface area (Å²) in [5.41, 5.74) is 0.920. The highest BCUT2D eigenvalue weighted by molar-refractivity contribution is 14.0. The third kappa shape index (κ3) is 7.84. The van der Waals surface area contributed by atoms with Gasteiger partial charge in [-0.3, -0.25) is 14.7 Å². The predicted octanol–water partition coefficient (Wildman–Crippen LogP) is 2.73. The van der Waals surface area contributed by atoms with E-state index in [0.29, 0.717) is 13.1 Å². The van der Waals surface area contributed by atoms with Crippen LogP contribution in [0, 0.1) is 5.82 Å². The third-order valence-electron chi connectivity index (χ3n) is 6.17. The Hall–Kier alpha value is -1.46. The first-order chi connectivity index (χ1) is 15.1. The minimum Gasteiger partial charge on any atom is -0.375 e. The third-order valence-corrected chi connectivity index (χ3v) is 6.17. The number of rotatable bonds is 6. The molecule has 1 aromatic rings. The molecule has 1 atom stereocenters. The fourth-order valence-corrected chi connectivity index (χ4v) is 4.26. The molecule has 2 aliphatic heterocycles. The minimum atomic E-state index is -0.255. The first kappa shape index (κ1) is 26.8. The van der Waals surface area contributed by atoms with Crippen LogP contribution < -0.4 is 5.32 Å². The summed E-state index contributed by atoms with van der Waals surface area (Å²) < 4.78 is 18.8. The van der Waals surface area contributed by atoms with Crippen LogP contribution in [0.25, 0.3) is 0 Å². The number of likely N-dealkylation sites (tertiary alicyclic amines) is 1. The number of halogens is 2. The Balaban J connectivity index is 0.00000363. The van der Waals surface area contributed by atoms with Crippen LogP contribution >= 0.6 is 24.0 Å². The number of aliphatic imine (C=N–C) groups is 1. The van der Waals surface area contributed by atoms with Gasteiger partial charge in [-0.25, -0.2) is 4.39 Å². The lowest BCUT2D eigenvalue weighted by atomic mass is 10.1. The molecule has 1 unspecified atom stereocenters. The SMILES string of the molecule is CN=C(NCC(OC)c1ccc(F)cc1)N1CCN(CC(=O)N2CCCCCC2)CC1.I. The van der Waals surface area contributed by atoms with E-state index in [-0.39, 0.29) is 41.8 Å². The summed E-state index contributed by atoms with van der Waals surface area (Å²) in [5.74, 6) is 0.831. The fourth-order valence-electron chi connectivity index (χ4n) is 4.26. The standard InChI is InChI=1S/C23H36FN5O2.HI/c1-25-23(26-17-21(31-2)19-7-9-20(24)10-8-19)29-15-13-27(14-16-29)18-22(30)28-11-5-3-4-6-12-28;/h7-10,21H,3-6,11-18H2,1-2H3,(H,25,26);1H. The van der Waals surface area contributed by atoms with Crippen LogP contribution in [0.2, 0.25) is 0 Å². The molecule has 1 amide bonds. The topological polar surface area (TPSA) is 60.4 Å². The predicted molar refractivity (Wildman–Crippen MR) is 136 cm³/mol. The maximum atomic E-state index is 13.2. The van der Waals surface area contributed by atoms with E-state index in [9.17, 15) is 9.18 Å². The van der Waals surface area contributed by atoms with Crippen molar-refractivity contribution in [2.75, 3.05) is 66.5 Å². The number of piperazine rings is 1. The van der Waals surface area contributed by atoms with Crippen molar-refractivity contribution >= 4 is 35.8 Å². The van der Waals surface area contributed by atoms with E-state index in [1.165, 1.54) is 25.0 Å². The number of guanidine groups is 1. The fraction of sp³-hybridized carbons (Fsp3) is 0.652. The second-order valence-corrected chi connectivity index (χ2v) is 8.26. The summed E-state index contributed by atoms with van der Waals surface area (Å²) >= 11 is 0. The molecule has 32 heavy (non-hydrogen) atoms. The Morgan fingerprint density at radius 3 is 2.22 bits per heavy atom. The number of hydrogen-bond donors (Lipinski definition) is 1. The normalized spacial score (nSPS) is 19.2. The van der Waals surface area contributed by atoms with Gasteiger partial charge in [-0.1, -0.05) is 25.0 Å². The largest absolute Gasteiger partial charge is 0.375 e. The summed E-state index contributed by atoms with van der Waals surface area (Å²) in [5, 5.41) is 3.38. The van der Waals surface area contributed by atoms with E-state index in [4.69, 9.17) is 4.74 Å². The van der Waals surface area contributed by atoms with Gasteiger partial charge >= 0.3 is 0 Å². The molecule has 2 fully saturated rings. The van der Waals surface area contributed by atoms with Crippen LogP contribution in [0.4, 0.5) is 4.39 Å². The monoisotopic (exact) mass is 561 g/mol. The molecule has 1 N–H and O–H groups in total. The van der Waals surface area contributed by atoms with Gasteiger partial charge in [0.25, 0.3) is 0 Å². The Kier molecular flexibility index (Phi) is 11.7. The molecule has 2 aliphatic rings. The van der Waals surface area contributed by atoms with Gasteiger partial charge in [0, 0.05) is 60.0 Å². The van der Waals surface area contributed by atoms with Crippen molar-refractivity contribution in [3.63, 3.8) is 0 Å². The zero-order chi connectivity index (χ0) is 22.1. The molecule has 0 bridgehead atoms. The zero-order valence-electron chi connectivity index (χ0n) is 19.3. The lowest BCUT2D eigenvalue weighted by Gasteiger charge is -2.37. The van der Waals surface area contributed by atoms with E-state index in [1.807, 2.05) is 4.90 Å². The van der Waals surface area contributed by atoms with Crippen LogP contribution in [0.5, 0.6) is 0 Å². The number of hydrogen-bond acceptors (Lipinski definition) is 4. The molecule has 0 saturated carbocycles. The molecule has 2 heterocycles. The summed E-state index contributed by atoms with van der Waals surface area (Å²) in [6.45, 7) is 6.19. The highest BCUT2D eigenvalue weighted by Crippen LogP contribution is 2.16. The van der Waals surface area contributed by atoms with E-state index in [1.54, 1.807) is 26.3 Å². The van der Waals surface area contributed by atoms with Crippen molar-refractivity contribution in [1.82, 2.24) is 20.0 Å². The Labute approximate surface area is 208 Å². The number of nitrogens with one attached hydrogen (secondary N) is 1. The molecule has 0 spiro atoms. The van der Waals surface area contributed by atoms with Crippen LogP contribution in [0.3, 0.4) is 0 Å². The van der Waals surface area contributed by atoms with Crippen molar-refractivity contribution in [2.45, 2.75) is 31.8 Å². The van der Waals surface area contributed by atoms with Crippen molar-refractivity contribution in [1.29, 1.82) is 0 Å². The maximum Gasteiger partial charge on any atom is 0.236 e. The average molecular weight is 561 g/mol. The smallest absolute Gasteiger partial charge is 0.236 e. The quantitative estimate of drug-likeness (QED) is 0.329. The van der Waals surface area contributed by atoms with Gasteiger partial charge in [-0.15, -0.1) is 24.0 Å². The lowest BCUT2D eigenvalue weighted by Crippen LogP contribution is -2.54. The van der Waals surface area contributed by atoms with E-state index >= 15 is 0 Å². The van der Waals surface area contributed by atoms with Crippen LogP contribution in [0.15, 0.2) is 29.3 Å². The molecular formula is C23H37FIN5O2. The molecule has 0 aromatic heterocycles. The number of carbonyl (C=O) groups excluding carboxylic acids is 1. The van der Waals surface area contributed by atoms with Crippen molar-refractivity contribution in [2.24, 2.45) is 4.99 Å². The zero-order valence-corrected chi connectivity index (χ0v) is 21.6. The Bertz CT molecular complexity index is 718. The van der Waals surface area contributed by atoms with E-state index in [0.717, 1.165) is 63.6 Å². The van der Waals surface area contributed by atoms with Gasteiger partial charge in [-0.05, 0) is 30.5 Å². The second-order valence-electron chi connectivity index (χ2n) is 8.26. The molecular weight excluding hydrogens is 524 g/mol. The Morgan fingerprint density at radius 2 is 1.66 bits per heavy atom. The summed E-state index contributed by atoms with van der Waals surface area (Å²) in [4.78, 5) is 23.6. The van der Waals surface area contributed by atoms with Crippen molar-refractivity contribution in [3.8, 4) is 0 Å². The van der Waals surface area contributed by atoms with Gasteiger partial charge in [0.15, 0.2) is 5.96 Å². The molecule has 180 valence electrons. The second kappa shape index (κ2) is 13.9. The number of ether oxygens (including phenoxy) is 1. The number of nitrogens with zero attached hydrogens (tertiary/aromatic N) is 4. The van der Waals surface area contributed by atoms with E-state index in [2.05, 4.69) is 20.1 Å². The molecule has 2 saturated heterocycles. The molecule has 3 rings (SSSR count). The van der Waals surface area contributed by atoms with Crippen molar-refractivity contribution < 1.29 is 13.9 Å². The number of amides is 1. The van der Waals surface area contributed by atoms with Crippen LogP contribution in [-0.2, 0) is 9.53 Å². The summed E-state index contributed by atoms with van der Waals surface area (Å²) in [7, 11) is 3.43. The molecule has 0 radical (unpaired) electrons. The van der Waals surface area contributed by atoms with Gasteiger partial charge in [0.1, 0.15) is 5.82 Å². The highest BCUT2D eigenvalue weighted by Gasteiger charge is 2.24. The van der Waals surface area contributed by atoms with Gasteiger partial charge in [0.05, 0.1) is 12.6 Å². The highest BCUT2D eigenvalue weighted by atomic mass is 127. The average Bonchev–Trinajstić information content (AvgIpc) is 3.08. The van der Waals surface area contributed by atoms with Gasteiger partial charge in [0.2, 0.25) is 5.91 Å². The molecule has 7 nitrogen and oxygen atoms in total. The lowest BCUT2D eigenvalue weighted by molar-refractivity contribution is -0.132. The van der Waals surface area contributed by atoms with Crippen molar-refractivity contribution in [3.05, 3.63) is 35.6 Å². The molecule has 0 aliphatic carbocycles. The molecule has 1 aromatic carbocycles. The first-order valence-corrected chi connectivity index (χ1v) is 11.3. The summed E-state index contributed by atoms with van der Waals surface area (Å²) in [6.07, 6.45) is 4.54. The number of carbonyl (C=O) groups is 1. The first-order valence-electron chi connectivity index (χ1n) is 11.3. The number of methoxy groups -OCH3 is 1. The molecule has 9 heteroatoms. The maximum absolute atomic E-state index is 13.2. The van der Waals surface area contributed by atoms with Crippen LogP contribution in [0.1, 0.15) is 37.4 Å². The Morgan fingerprint density at radius 1 is 1.03 bits per heavy atom. The van der Waals surface area contributed by atoms with E-state index < -0.39 is 0 Å². The number of benzene rings is 1.